The number of rotatable bonds is 12. The normalized spacial score (nSPS) is 13.2. The Bertz CT molecular complexity index is 3860. The van der Waals surface area contributed by atoms with E-state index >= 15 is 0 Å². The fraction of sp³-hybridized carbons (Fsp3) is 0.270. The molecule has 6 heteroatoms. The average Bonchev–Trinajstić information content (AvgIpc) is 4.14. The van der Waals surface area contributed by atoms with Gasteiger partial charge in [-0.1, -0.05) is 223 Å². The second-order valence-corrected chi connectivity index (χ2v) is 25.5. The van der Waals surface area contributed by atoms with Crippen LogP contribution in [0.3, 0.4) is 0 Å². The predicted octanol–water partition coefficient (Wildman–Crippen LogP) is 20.1. The van der Waals surface area contributed by atoms with E-state index in [0.29, 0.717) is 11.5 Å². The largest absolute Gasteiger partial charge is 0.509 e. The first-order chi connectivity index (χ1) is 37.6. The van der Waals surface area contributed by atoms with Gasteiger partial charge in [0.05, 0.1) is 0 Å². The van der Waals surface area contributed by atoms with Gasteiger partial charge in [-0.25, -0.2) is 4.98 Å². The molecule has 0 aliphatic carbocycles. The van der Waals surface area contributed by atoms with Crippen molar-refractivity contribution >= 4 is 44.6 Å². The Morgan fingerprint density at radius 3 is 1.74 bits per heavy atom. The molecule has 1 aliphatic rings. The minimum absolute atomic E-state index is 0. The Morgan fingerprint density at radius 1 is 0.500 bits per heavy atom. The summed E-state index contributed by atoms with van der Waals surface area (Å²) >= 11 is 0. The number of ether oxygens (including phenoxy) is 1. The van der Waals surface area contributed by atoms with Crippen LogP contribution in [0, 0.1) is 18.8 Å². The Morgan fingerprint density at radius 2 is 1.09 bits per heavy atom. The van der Waals surface area contributed by atoms with Crippen molar-refractivity contribution in [3.63, 3.8) is 0 Å². The Labute approximate surface area is 491 Å². The SMILES string of the molecule is CC(C)c1cccc(C(C)C)c1-c1cc(Oc2[c-]c3c(c(C(C)(C)c4ccccc4)c2)c2ccccc2n3-c2cc(C(C)(C)C)ccn2)[c-]c(N2[CH-]N(c3cccc(C(C)(C)c4ccccc4)c3)c3ccc(C(C)(C)C)cc32)c1.[Pt]. The summed E-state index contributed by atoms with van der Waals surface area (Å²) in [6.07, 6.45) is 1.94. The first-order valence-corrected chi connectivity index (χ1v) is 28.2. The van der Waals surface area contributed by atoms with Crippen LogP contribution in [0.25, 0.3) is 38.8 Å². The number of hydrogen-bond donors (Lipinski definition) is 0. The number of aromatic nitrogens is 2. The molecule has 0 N–H and O–H groups in total. The van der Waals surface area contributed by atoms with E-state index in [1.807, 2.05) is 6.20 Å². The molecular formula is C74H75N4OPt-3. The van der Waals surface area contributed by atoms with Crippen molar-refractivity contribution in [2.24, 2.45) is 0 Å². The molecule has 80 heavy (non-hydrogen) atoms. The van der Waals surface area contributed by atoms with Gasteiger partial charge in [0.1, 0.15) is 5.82 Å². The summed E-state index contributed by atoms with van der Waals surface area (Å²) in [5.74, 6) is 2.58. The fourth-order valence-corrected chi connectivity index (χ4v) is 11.7. The molecule has 410 valence electrons. The van der Waals surface area contributed by atoms with E-state index < -0.39 is 5.41 Å². The molecule has 0 bridgehead atoms. The zero-order valence-corrected chi connectivity index (χ0v) is 51.3. The van der Waals surface area contributed by atoms with Crippen molar-refractivity contribution in [1.82, 2.24) is 9.55 Å². The van der Waals surface area contributed by atoms with E-state index in [1.165, 1.54) is 44.5 Å². The zero-order valence-electron chi connectivity index (χ0n) is 49.1. The molecule has 11 rings (SSSR count). The Hall–Kier alpha value is -7.20. The summed E-state index contributed by atoms with van der Waals surface area (Å²) in [7, 11) is 0. The second-order valence-electron chi connectivity index (χ2n) is 25.5. The molecule has 0 fully saturated rings. The molecule has 0 saturated heterocycles. The van der Waals surface area contributed by atoms with Crippen LogP contribution < -0.4 is 14.5 Å². The van der Waals surface area contributed by atoms with E-state index in [-0.39, 0.29) is 49.1 Å². The number of pyridine rings is 1. The number of hydrogen-bond acceptors (Lipinski definition) is 4. The van der Waals surface area contributed by atoms with Crippen molar-refractivity contribution in [2.45, 2.75) is 130 Å². The molecule has 0 unspecified atom stereocenters. The maximum atomic E-state index is 7.46. The number of benzene rings is 8. The van der Waals surface area contributed by atoms with Crippen molar-refractivity contribution < 1.29 is 25.8 Å². The minimum Gasteiger partial charge on any atom is -0.509 e. The molecular weight excluding hydrogens is 1160 g/mol. The number of fused-ring (bicyclic) bond motifs is 4. The summed E-state index contributed by atoms with van der Waals surface area (Å²) in [5.41, 5.74) is 17.5. The van der Waals surface area contributed by atoms with Crippen LogP contribution >= 0.6 is 0 Å². The smallest absolute Gasteiger partial charge is 0.135 e. The van der Waals surface area contributed by atoms with E-state index in [9.17, 15) is 0 Å². The number of para-hydroxylation sites is 1. The molecule has 0 saturated carbocycles. The zero-order chi connectivity index (χ0) is 55.8. The molecule has 5 nitrogen and oxygen atoms in total. The molecule has 8 aromatic carbocycles. The van der Waals surface area contributed by atoms with Crippen molar-refractivity contribution in [3.05, 3.63) is 245 Å². The quantitative estimate of drug-likeness (QED) is 0.114. The first kappa shape index (κ1) is 56.1. The number of anilines is 4. The average molecular weight is 1230 g/mol. The molecule has 0 amide bonds. The van der Waals surface area contributed by atoms with Gasteiger partial charge in [-0.3, -0.25) is 0 Å². The second kappa shape index (κ2) is 21.4. The van der Waals surface area contributed by atoms with Crippen molar-refractivity contribution in [3.8, 4) is 28.4 Å². The molecule has 0 spiro atoms. The Kier molecular flexibility index (Phi) is 15.0. The van der Waals surface area contributed by atoms with Crippen LogP contribution in [0.15, 0.2) is 182 Å². The van der Waals surface area contributed by atoms with Gasteiger partial charge < -0.3 is 19.1 Å². The monoisotopic (exact) mass is 1230 g/mol. The van der Waals surface area contributed by atoms with Crippen LogP contribution in [0.5, 0.6) is 11.5 Å². The van der Waals surface area contributed by atoms with Gasteiger partial charge >= 0.3 is 0 Å². The van der Waals surface area contributed by atoms with Gasteiger partial charge in [0, 0.05) is 66.8 Å². The van der Waals surface area contributed by atoms with Crippen LogP contribution in [-0.4, -0.2) is 9.55 Å². The molecule has 3 heterocycles. The topological polar surface area (TPSA) is 33.5 Å². The predicted molar refractivity (Wildman–Crippen MR) is 332 cm³/mol. The van der Waals surface area contributed by atoms with Gasteiger partial charge in [0.15, 0.2) is 0 Å². The standard InChI is InChI=1S/C74H75N4O.Pt/c1-48(2)60-32-24-33-61(49(3)4)69(60)50-39-57(77-47-76(65-36-35-53(42-66(65)77)71(5,6)7)56-30-23-29-55(41-56)73(11,12)51-25-17-15-18-26-51)44-58(40-50)79-59-45-63(74(13,14)52-27-19-16-20-28-52)70-62-31-21-22-34-64(62)78(67(70)46-59)68-43-54(37-38-75-68)72(8,9)10;/h15-43,45,47-49H,1-14H3;/q-3;. The third kappa shape index (κ3) is 10.3. The summed E-state index contributed by atoms with van der Waals surface area (Å²) in [4.78, 5) is 9.75. The van der Waals surface area contributed by atoms with Crippen LogP contribution in [0.1, 0.15) is 153 Å². The Balaban J connectivity index is 0.00000720. The van der Waals surface area contributed by atoms with Gasteiger partial charge in [0.2, 0.25) is 0 Å². The first-order valence-electron chi connectivity index (χ1n) is 28.2. The summed E-state index contributed by atoms with van der Waals surface area (Å²) < 4.78 is 9.74. The van der Waals surface area contributed by atoms with Gasteiger partial charge in [-0.05, 0) is 120 Å². The van der Waals surface area contributed by atoms with Crippen molar-refractivity contribution in [1.29, 1.82) is 0 Å². The van der Waals surface area contributed by atoms with E-state index in [4.69, 9.17) is 9.72 Å². The van der Waals surface area contributed by atoms with Crippen molar-refractivity contribution in [2.75, 3.05) is 9.80 Å². The van der Waals surface area contributed by atoms with Crippen LogP contribution in [0.4, 0.5) is 22.7 Å². The fourth-order valence-electron chi connectivity index (χ4n) is 11.7. The van der Waals surface area contributed by atoms with Gasteiger partial charge in [0.25, 0.3) is 0 Å². The molecule has 2 aromatic heterocycles. The molecule has 10 aromatic rings. The maximum absolute atomic E-state index is 7.46. The van der Waals surface area contributed by atoms with Crippen LogP contribution in [-0.2, 0) is 42.7 Å². The van der Waals surface area contributed by atoms with E-state index in [2.05, 4.69) is 306 Å². The summed E-state index contributed by atoms with van der Waals surface area (Å²) in [6.45, 7) is 34.3. The third-order valence-electron chi connectivity index (χ3n) is 16.6. The summed E-state index contributed by atoms with van der Waals surface area (Å²) in [5, 5.41) is 2.26. The molecule has 1 aliphatic heterocycles. The minimum atomic E-state index is -0.447. The van der Waals surface area contributed by atoms with Gasteiger partial charge in [-0.2, -0.15) is 0 Å². The summed E-state index contributed by atoms with van der Waals surface area (Å²) in [6, 6.07) is 72.1. The molecule has 0 radical (unpaired) electrons. The number of nitrogens with zero attached hydrogens (tertiary/aromatic N) is 4. The van der Waals surface area contributed by atoms with Gasteiger partial charge in [-0.15, -0.1) is 53.8 Å². The van der Waals surface area contributed by atoms with E-state index in [0.717, 1.165) is 61.5 Å². The molecule has 0 atom stereocenters. The van der Waals surface area contributed by atoms with E-state index in [1.54, 1.807) is 0 Å². The maximum Gasteiger partial charge on any atom is 0.135 e. The third-order valence-corrected chi connectivity index (χ3v) is 16.6. The van der Waals surface area contributed by atoms with Crippen LogP contribution in [0.2, 0.25) is 0 Å².